The summed E-state index contributed by atoms with van der Waals surface area (Å²) >= 11 is 0. The molecule has 4 atom stereocenters. The van der Waals surface area contributed by atoms with Crippen molar-refractivity contribution in [1.29, 1.82) is 0 Å². The minimum Gasteiger partial charge on any atom is -0.467 e. The second-order valence-corrected chi connectivity index (χ2v) is 14.2. The van der Waals surface area contributed by atoms with Crippen LogP contribution in [0.2, 0.25) is 18.1 Å². The second-order valence-electron chi connectivity index (χ2n) is 9.45. The molecule has 3 aliphatic heterocycles. The lowest BCUT2D eigenvalue weighted by Gasteiger charge is -2.42. The Bertz CT molecular complexity index is 561. The average molecular weight is 418 g/mol. The Morgan fingerprint density at radius 1 is 1.29 bits per heavy atom. The number of ether oxygens (including phenoxy) is 3. The van der Waals surface area contributed by atoms with E-state index in [1.54, 1.807) is 0 Å². The zero-order chi connectivity index (χ0) is 20.6. The molecule has 162 valence electrons. The van der Waals surface area contributed by atoms with Crippen LogP contribution in [0.1, 0.15) is 46.5 Å². The van der Waals surface area contributed by atoms with Crippen molar-refractivity contribution in [2.24, 2.45) is 0 Å². The molecule has 9 heteroatoms. The largest absolute Gasteiger partial charge is 0.467 e. The van der Waals surface area contributed by atoms with Gasteiger partial charge >= 0.3 is 5.97 Å². The molecule has 3 heterocycles. The molecule has 28 heavy (non-hydrogen) atoms. The lowest BCUT2D eigenvalue weighted by molar-refractivity contribution is -0.363. The van der Waals surface area contributed by atoms with Crippen molar-refractivity contribution in [2.75, 3.05) is 26.9 Å². The van der Waals surface area contributed by atoms with E-state index in [9.17, 15) is 4.79 Å². The van der Waals surface area contributed by atoms with Crippen LogP contribution < -0.4 is 0 Å². The van der Waals surface area contributed by atoms with E-state index in [0.29, 0.717) is 26.2 Å². The van der Waals surface area contributed by atoms with Gasteiger partial charge in [-0.25, -0.2) is 4.79 Å². The first-order valence-corrected chi connectivity index (χ1v) is 13.1. The molecule has 3 rings (SSSR count). The Kier molecular flexibility index (Phi) is 6.56. The normalized spacial score (nSPS) is 34.4. The third-order valence-corrected chi connectivity index (χ3v) is 10.9. The van der Waals surface area contributed by atoms with Crippen LogP contribution in [0.15, 0.2) is 0 Å². The van der Waals surface area contributed by atoms with Gasteiger partial charge < -0.3 is 18.6 Å². The summed E-state index contributed by atoms with van der Waals surface area (Å²) in [5.74, 6) is -0.419. The number of hydrogen-bond acceptors (Lipinski definition) is 8. The smallest absolute Gasteiger partial charge is 0.337 e. The number of methoxy groups -OCH3 is 1. The highest BCUT2D eigenvalue weighted by Gasteiger charge is 2.62. The molecule has 3 saturated heterocycles. The predicted octanol–water partition coefficient (Wildman–Crippen LogP) is 2.78. The Morgan fingerprint density at radius 3 is 2.64 bits per heavy atom. The van der Waals surface area contributed by atoms with Crippen molar-refractivity contribution in [3.05, 3.63) is 0 Å². The van der Waals surface area contributed by atoms with Gasteiger partial charge in [0.15, 0.2) is 20.7 Å². The lowest BCUT2D eigenvalue weighted by atomic mass is 9.89. The van der Waals surface area contributed by atoms with Gasteiger partial charge in [-0.05, 0) is 37.4 Å². The Morgan fingerprint density at radius 2 is 2.04 bits per heavy atom. The van der Waals surface area contributed by atoms with E-state index in [-0.39, 0.29) is 17.4 Å². The van der Waals surface area contributed by atoms with Gasteiger partial charge in [-0.15, -0.1) is 0 Å². The van der Waals surface area contributed by atoms with Gasteiger partial charge in [0.2, 0.25) is 0 Å². The summed E-state index contributed by atoms with van der Waals surface area (Å²) in [7, 11) is -0.708. The zero-order valence-electron chi connectivity index (χ0n) is 18.0. The van der Waals surface area contributed by atoms with Crippen LogP contribution in [-0.4, -0.2) is 70.5 Å². The maximum Gasteiger partial charge on any atom is 0.337 e. The van der Waals surface area contributed by atoms with E-state index in [2.05, 4.69) is 33.9 Å². The van der Waals surface area contributed by atoms with Crippen molar-refractivity contribution >= 4 is 14.3 Å². The van der Waals surface area contributed by atoms with E-state index in [1.807, 2.05) is 0 Å². The van der Waals surface area contributed by atoms with E-state index >= 15 is 0 Å². The molecule has 8 nitrogen and oxygen atoms in total. The molecular weight excluding hydrogens is 382 g/mol. The molecule has 3 aliphatic rings. The van der Waals surface area contributed by atoms with Gasteiger partial charge in [-0.2, -0.15) is 0 Å². The maximum absolute atomic E-state index is 12.1. The molecule has 0 aromatic heterocycles. The quantitative estimate of drug-likeness (QED) is 0.482. The van der Waals surface area contributed by atoms with Crippen LogP contribution in [0.25, 0.3) is 0 Å². The fourth-order valence-electron chi connectivity index (χ4n) is 3.57. The summed E-state index contributed by atoms with van der Waals surface area (Å²) in [4.78, 5) is 23.7. The molecule has 0 amide bonds. The highest BCUT2D eigenvalue weighted by atomic mass is 28.4. The summed E-state index contributed by atoms with van der Waals surface area (Å²) in [5.41, 5.74) is -0.699. The molecule has 4 unspecified atom stereocenters. The van der Waals surface area contributed by atoms with Crippen molar-refractivity contribution in [2.45, 2.75) is 88.6 Å². The number of fused-ring (bicyclic) bond motifs is 1. The summed E-state index contributed by atoms with van der Waals surface area (Å²) in [6.07, 6.45) is 2.18. The van der Waals surface area contributed by atoms with Gasteiger partial charge in [-0.1, -0.05) is 26.0 Å². The molecule has 0 N–H and O–H groups in total. The van der Waals surface area contributed by atoms with Crippen LogP contribution in [-0.2, 0) is 33.1 Å². The minimum absolute atomic E-state index is 0.0517. The fraction of sp³-hybridized carbons (Fsp3) is 0.947. The molecule has 0 bridgehead atoms. The highest BCUT2D eigenvalue weighted by molar-refractivity contribution is 6.74. The van der Waals surface area contributed by atoms with Crippen LogP contribution in [0.3, 0.4) is 0 Å². The topological polar surface area (TPSA) is 75.7 Å². The lowest BCUT2D eigenvalue weighted by Crippen LogP contribution is -2.56. The van der Waals surface area contributed by atoms with Gasteiger partial charge in [0, 0.05) is 13.0 Å². The minimum atomic E-state index is -2.07. The third-order valence-electron chi connectivity index (χ3n) is 6.43. The summed E-state index contributed by atoms with van der Waals surface area (Å²) < 4.78 is 23.4. The first kappa shape index (κ1) is 22.1. The Balaban J connectivity index is 1.79. The van der Waals surface area contributed by atoms with Crippen LogP contribution >= 0.6 is 0 Å². The molecule has 0 aromatic carbocycles. The van der Waals surface area contributed by atoms with Crippen LogP contribution in [0, 0.1) is 0 Å². The molecule has 3 fully saturated rings. The number of hydroxylamine groups is 2. The summed E-state index contributed by atoms with van der Waals surface area (Å²) in [6.45, 7) is 12.4. The van der Waals surface area contributed by atoms with Crippen LogP contribution in [0.5, 0.6) is 0 Å². The van der Waals surface area contributed by atoms with Crippen molar-refractivity contribution in [3.8, 4) is 0 Å². The Hall–Kier alpha value is -0.553. The first-order chi connectivity index (χ1) is 13.1. The molecule has 0 radical (unpaired) electrons. The predicted molar refractivity (Wildman–Crippen MR) is 104 cm³/mol. The van der Waals surface area contributed by atoms with Crippen LogP contribution in [0.4, 0.5) is 0 Å². The molecule has 0 spiro atoms. The SMILES string of the molecule is COC(=O)C1CC2(COC3CCCCO3)C(O[Si](C)(C)C(C)(C)C)CON2O1. The Labute approximate surface area is 168 Å². The van der Waals surface area contributed by atoms with E-state index < -0.39 is 25.9 Å². The van der Waals surface area contributed by atoms with Gasteiger partial charge in [0.1, 0.15) is 5.54 Å². The van der Waals surface area contributed by atoms with E-state index in [1.165, 1.54) is 12.3 Å². The van der Waals surface area contributed by atoms with Crippen molar-refractivity contribution < 1.29 is 33.1 Å². The first-order valence-electron chi connectivity index (χ1n) is 10.2. The average Bonchev–Trinajstić information content (AvgIpc) is 3.16. The number of carbonyl (C=O) groups excluding carboxylic acids is 1. The summed E-state index contributed by atoms with van der Waals surface area (Å²) in [6, 6.07) is 0. The maximum atomic E-state index is 12.1. The van der Waals surface area contributed by atoms with Crippen molar-refractivity contribution in [1.82, 2.24) is 5.23 Å². The van der Waals surface area contributed by atoms with Crippen molar-refractivity contribution in [3.63, 3.8) is 0 Å². The highest BCUT2D eigenvalue weighted by Crippen LogP contribution is 2.46. The third kappa shape index (κ3) is 4.30. The second kappa shape index (κ2) is 8.29. The fourth-order valence-corrected chi connectivity index (χ4v) is 4.92. The molecule has 0 aliphatic carbocycles. The van der Waals surface area contributed by atoms with Gasteiger partial charge in [-0.3, -0.25) is 9.68 Å². The molecule has 0 saturated carbocycles. The molecular formula is C19H35NO7Si. The van der Waals surface area contributed by atoms with Gasteiger partial charge in [0.05, 0.1) is 26.4 Å². The number of esters is 1. The number of carbonyl (C=O) groups is 1. The molecule has 0 aromatic rings. The van der Waals surface area contributed by atoms with E-state index in [4.69, 9.17) is 28.3 Å². The van der Waals surface area contributed by atoms with Gasteiger partial charge in [0.25, 0.3) is 0 Å². The zero-order valence-corrected chi connectivity index (χ0v) is 19.0. The number of nitrogens with zero attached hydrogens (tertiary/aromatic N) is 1. The number of rotatable bonds is 6. The standard InChI is InChI=1S/C19H35NO7Si/c1-18(2,3)28(5,6)27-15-12-25-20-19(15,11-14(26-20)17(21)22-4)13-24-16-9-7-8-10-23-16/h14-16H,7-13H2,1-6H3. The van der Waals surface area contributed by atoms with E-state index in [0.717, 1.165) is 19.3 Å². The number of hydrogen-bond donors (Lipinski definition) is 0. The summed E-state index contributed by atoms with van der Waals surface area (Å²) in [5, 5.41) is 1.48. The monoisotopic (exact) mass is 417 g/mol.